The maximum atomic E-state index is 8.96. The van der Waals surface area contributed by atoms with Gasteiger partial charge in [-0.2, -0.15) is 0 Å². The average Bonchev–Trinajstić information content (AvgIpc) is 2.35. The molecule has 1 heterocycles. The summed E-state index contributed by atoms with van der Waals surface area (Å²) in [6.45, 7) is 4.11. The largest absolute Gasteiger partial charge is 0.484 e. The molecule has 1 atom stereocenters. The van der Waals surface area contributed by atoms with E-state index in [4.69, 9.17) is 14.6 Å². The number of benzene rings is 1. The summed E-state index contributed by atoms with van der Waals surface area (Å²) in [5.74, 6) is 1.56. The minimum Gasteiger partial charge on any atom is -0.484 e. The van der Waals surface area contributed by atoms with Gasteiger partial charge in [-0.3, -0.25) is 4.90 Å². The van der Waals surface area contributed by atoms with Crippen LogP contribution in [0, 0.1) is 0 Å². The third-order valence-corrected chi connectivity index (χ3v) is 2.69. The molecule has 1 N–H and O–H groups in total. The lowest BCUT2D eigenvalue weighted by molar-refractivity contribution is -0.0324. The summed E-state index contributed by atoms with van der Waals surface area (Å²) in [7, 11) is 0. The maximum Gasteiger partial charge on any atom is 0.187 e. The van der Waals surface area contributed by atoms with Gasteiger partial charge in [-0.25, -0.2) is 0 Å². The van der Waals surface area contributed by atoms with Crippen LogP contribution in [0.25, 0.3) is 0 Å². The Kier molecular flexibility index (Phi) is 3.64. The average molecular weight is 223 g/mol. The summed E-state index contributed by atoms with van der Waals surface area (Å²) in [5, 5.41) is 8.96. The summed E-state index contributed by atoms with van der Waals surface area (Å²) in [6, 6.07) is 7.64. The highest BCUT2D eigenvalue weighted by atomic mass is 16.6. The fourth-order valence-corrected chi connectivity index (χ4v) is 1.82. The minimum absolute atomic E-state index is 0.105. The molecule has 4 nitrogen and oxygen atoms in total. The Balaban J connectivity index is 2.06. The van der Waals surface area contributed by atoms with Crippen LogP contribution in [0.15, 0.2) is 24.3 Å². The zero-order valence-electron chi connectivity index (χ0n) is 9.43. The second-order valence-corrected chi connectivity index (χ2v) is 3.68. The van der Waals surface area contributed by atoms with E-state index in [0.717, 1.165) is 18.0 Å². The number of ether oxygens (including phenoxy) is 2. The molecule has 88 valence electrons. The van der Waals surface area contributed by atoms with Crippen molar-refractivity contribution in [1.82, 2.24) is 4.90 Å². The summed E-state index contributed by atoms with van der Waals surface area (Å²) in [6.07, 6.45) is -0.105. The van der Waals surface area contributed by atoms with E-state index in [1.165, 1.54) is 0 Å². The Hall–Kier alpha value is -1.26. The van der Waals surface area contributed by atoms with Gasteiger partial charge in [0.1, 0.15) is 6.61 Å². The van der Waals surface area contributed by atoms with Gasteiger partial charge in [0.05, 0.1) is 6.61 Å². The highest BCUT2D eigenvalue weighted by molar-refractivity contribution is 5.40. The Morgan fingerprint density at radius 2 is 2.12 bits per heavy atom. The van der Waals surface area contributed by atoms with Gasteiger partial charge in [0.15, 0.2) is 17.7 Å². The minimum atomic E-state index is -0.105. The molecule has 0 aliphatic carbocycles. The van der Waals surface area contributed by atoms with Gasteiger partial charge < -0.3 is 14.6 Å². The van der Waals surface area contributed by atoms with Crippen LogP contribution in [0.4, 0.5) is 0 Å². The van der Waals surface area contributed by atoms with Crippen molar-refractivity contribution in [2.24, 2.45) is 0 Å². The quantitative estimate of drug-likeness (QED) is 0.830. The molecule has 0 aromatic heterocycles. The monoisotopic (exact) mass is 223 g/mol. The van der Waals surface area contributed by atoms with E-state index in [-0.39, 0.29) is 12.8 Å². The number of likely N-dealkylation sites (N-methyl/N-ethyl adjacent to an activating group) is 1. The van der Waals surface area contributed by atoms with Crippen molar-refractivity contribution in [3.05, 3.63) is 24.3 Å². The van der Waals surface area contributed by atoms with Crippen LogP contribution in [0.1, 0.15) is 6.92 Å². The van der Waals surface area contributed by atoms with Gasteiger partial charge in [-0.1, -0.05) is 19.1 Å². The molecular weight excluding hydrogens is 206 g/mol. The molecule has 0 unspecified atom stereocenters. The number of aliphatic hydroxyl groups is 1. The van der Waals surface area contributed by atoms with E-state index in [9.17, 15) is 0 Å². The number of hydrogen-bond acceptors (Lipinski definition) is 4. The highest BCUT2D eigenvalue weighted by Crippen LogP contribution is 2.31. The van der Waals surface area contributed by atoms with Crippen LogP contribution < -0.4 is 9.47 Å². The third-order valence-electron chi connectivity index (χ3n) is 2.69. The molecule has 1 aromatic carbocycles. The molecule has 0 bridgehead atoms. The lowest BCUT2D eigenvalue weighted by atomic mass is 10.3. The fourth-order valence-electron chi connectivity index (χ4n) is 1.82. The molecule has 4 heteroatoms. The van der Waals surface area contributed by atoms with E-state index in [0.29, 0.717) is 13.2 Å². The second kappa shape index (κ2) is 5.18. The van der Waals surface area contributed by atoms with E-state index in [2.05, 4.69) is 4.90 Å². The highest BCUT2D eigenvalue weighted by Gasteiger charge is 2.25. The molecule has 1 aliphatic heterocycles. The molecule has 16 heavy (non-hydrogen) atoms. The summed E-state index contributed by atoms with van der Waals surface area (Å²) in [5.41, 5.74) is 0. The SMILES string of the molecule is CCN(CCO)[C@H]1COc2ccccc2O1. The van der Waals surface area contributed by atoms with Crippen LogP contribution in [0.3, 0.4) is 0 Å². The van der Waals surface area contributed by atoms with Crippen molar-refractivity contribution in [2.75, 3.05) is 26.3 Å². The van der Waals surface area contributed by atoms with E-state index in [1.807, 2.05) is 31.2 Å². The van der Waals surface area contributed by atoms with Crippen molar-refractivity contribution in [3.63, 3.8) is 0 Å². The number of nitrogens with zero attached hydrogens (tertiary/aromatic N) is 1. The third kappa shape index (κ3) is 2.28. The van der Waals surface area contributed by atoms with Crippen LogP contribution in [-0.4, -0.2) is 42.5 Å². The first-order valence-electron chi connectivity index (χ1n) is 5.58. The Morgan fingerprint density at radius 3 is 2.81 bits per heavy atom. The van der Waals surface area contributed by atoms with Gasteiger partial charge in [0.25, 0.3) is 0 Å². The molecule has 1 aromatic rings. The maximum absolute atomic E-state index is 8.96. The van der Waals surface area contributed by atoms with Crippen molar-refractivity contribution < 1.29 is 14.6 Å². The van der Waals surface area contributed by atoms with Crippen molar-refractivity contribution >= 4 is 0 Å². The van der Waals surface area contributed by atoms with Crippen molar-refractivity contribution in [2.45, 2.75) is 13.2 Å². The van der Waals surface area contributed by atoms with Gasteiger partial charge in [-0.05, 0) is 18.7 Å². The zero-order valence-corrected chi connectivity index (χ0v) is 9.43. The Bertz CT molecular complexity index is 343. The van der Waals surface area contributed by atoms with E-state index >= 15 is 0 Å². The summed E-state index contributed by atoms with van der Waals surface area (Å²) in [4.78, 5) is 2.05. The number of para-hydroxylation sites is 2. The molecule has 0 spiro atoms. The molecule has 0 amide bonds. The van der Waals surface area contributed by atoms with Gasteiger partial charge >= 0.3 is 0 Å². The van der Waals surface area contributed by atoms with Gasteiger partial charge in [0, 0.05) is 6.54 Å². The standard InChI is InChI=1S/C12H17NO3/c1-2-13(7-8-14)12-9-15-10-5-3-4-6-11(10)16-12/h3-6,12,14H,2,7-9H2,1H3/t12-/m1/s1. The van der Waals surface area contributed by atoms with Crippen LogP contribution in [-0.2, 0) is 0 Å². The van der Waals surface area contributed by atoms with Gasteiger partial charge in [0.2, 0.25) is 0 Å². The second-order valence-electron chi connectivity index (χ2n) is 3.68. The zero-order chi connectivity index (χ0) is 11.4. The van der Waals surface area contributed by atoms with Crippen LogP contribution >= 0.6 is 0 Å². The molecule has 0 fully saturated rings. The predicted octanol–water partition coefficient (Wildman–Crippen LogP) is 1.10. The lowest BCUT2D eigenvalue weighted by Gasteiger charge is -2.34. The molecule has 2 rings (SSSR count). The topological polar surface area (TPSA) is 41.9 Å². The fraction of sp³-hybridized carbons (Fsp3) is 0.500. The molecule has 0 radical (unpaired) electrons. The number of hydrogen-bond donors (Lipinski definition) is 1. The predicted molar refractivity (Wildman–Crippen MR) is 60.7 cm³/mol. The van der Waals surface area contributed by atoms with Crippen LogP contribution in [0.2, 0.25) is 0 Å². The van der Waals surface area contributed by atoms with Crippen LogP contribution in [0.5, 0.6) is 11.5 Å². The smallest absolute Gasteiger partial charge is 0.187 e. The molecule has 1 aliphatic rings. The van der Waals surface area contributed by atoms with Gasteiger partial charge in [-0.15, -0.1) is 0 Å². The van der Waals surface area contributed by atoms with Crippen molar-refractivity contribution in [1.29, 1.82) is 0 Å². The summed E-state index contributed by atoms with van der Waals surface area (Å²) < 4.78 is 11.4. The van der Waals surface area contributed by atoms with E-state index in [1.54, 1.807) is 0 Å². The Morgan fingerprint density at radius 1 is 1.38 bits per heavy atom. The normalized spacial score (nSPS) is 18.8. The Labute approximate surface area is 95.4 Å². The lowest BCUT2D eigenvalue weighted by Crippen LogP contribution is -2.46. The molecule has 0 saturated heterocycles. The number of fused-ring (bicyclic) bond motifs is 1. The van der Waals surface area contributed by atoms with E-state index < -0.39 is 0 Å². The first-order chi connectivity index (χ1) is 7.85. The number of rotatable bonds is 4. The summed E-state index contributed by atoms with van der Waals surface area (Å²) >= 11 is 0. The first-order valence-corrected chi connectivity index (χ1v) is 5.58. The van der Waals surface area contributed by atoms with Crippen molar-refractivity contribution in [3.8, 4) is 11.5 Å². The molecule has 0 saturated carbocycles. The molecular formula is C12H17NO3. The number of aliphatic hydroxyl groups excluding tert-OH is 1. The first kappa shape index (κ1) is 11.2.